The molecule has 1 aromatic rings. The monoisotopic (exact) mass is 294 g/mol. The van der Waals surface area contributed by atoms with Crippen molar-refractivity contribution in [3.05, 3.63) is 18.1 Å². The quantitative estimate of drug-likeness (QED) is 0.907. The Bertz CT molecular complexity index is 367. The fourth-order valence-corrected chi connectivity index (χ4v) is 2.15. The summed E-state index contributed by atoms with van der Waals surface area (Å²) < 4.78 is 5.38. The van der Waals surface area contributed by atoms with Crippen LogP contribution in [0.1, 0.15) is 12.1 Å². The Labute approximate surface area is 120 Å². The molecule has 0 spiro atoms. The van der Waals surface area contributed by atoms with Crippen LogP contribution in [0.15, 0.2) is 12.4 Å². The average molecular weight is 295 g/mol. The first kappa shape index (κ1) is 17.4. The first-order chi connectivity index (χ1) is 7.74. The summed E-state index contributed by atoms with van der Waals surface area (Å²) in [5.74, 6) is 0.947. The van der Waals surface area contributed by atoms with Gasteiger partial charge in [-0.1, -0.05) is 0 Å². The van der Waals surface area contributed by atoms with E-state index >= 15 is 0 Å². The lowest BCUT2D eigenvalue weighted by atomic mass is 10.2. The molecule has 104 valence electrons. The Kier molecular flexibility index (Phi) is 7.47. The SMILES string of the molecule is CO[C@@H]1C[C@H](CN)N(c2cc(C)ncn2)C1.Cl.Cl. The lowest BCUT2D eigenvalue weighted by molar-refractivity contribution is 0.118. The molecule has 0 aromatic carbocycles. The largest absolute Gasteiger partial charge is 0.380 e. The van der Waals surface area contributed by atoms with Crippen LogP contribution in [-0.2, 0) is 4.74 Å². The molecule has 18 heavy (non-hydrogen) atoms. The highest BCUT2D eigenvalue weighted by molar-refractivity contribution is 5.85. The van der Waals surface area contributed by atoms with E-state index in [0.29, 0.717) is 12.6 Å². The lowest BCUT2D eigenvalue weighted by Gasteiger charge is -2.24. The maximum absolute atomic E-state index is 5.78. The van der Waals surface area contributed by atoms with Crippen LogP contribution >= 0.6 is 24.8 Å². The zero-order valence-electron chi connectivity index (χ0n) is 10.6. The second-order valence-corrected chi connectivity index (χ2v) is 4.15. The van der Waals surface area contributed by atoms with Crippen LogP contribution < -0.4 is 10.6 Å². The van der Waals surface area contributed by atoms with Gasteiger partial charge in [0.25, 0.3) is 0 Å². The number of aryl methyl sites for hydroxylation is 1. The van der Waals surface area contributed by atoms with Gasteiger partial charge in [0.1, 0.15) is 12.1 Å². The van der Waals surface area contributed by atoms with E-state index in [1.54, 1.807) is 13.4 Å². The predicted octanol–water partition coefficient (Wildman–Crippen LogP) is 1.18. The predicted molar refractivity (Wildman–Crippen MR) is 76.9 cm³/mol. The van der Waals surface area contributed by atoms with Gasteiger partial charge in [-0.3, -0.25) is 0 Å². The van der Waals surface area contributed by atoms with E-state index in [-0.39, 0.29) is 30.9 Å². The van der Waals surface area contributed by atoms with E-state index in [9.17, 15) is 0 Å². The van der Waals surface area contributed by atoms with Crippen molar-refractivity contribution in [1.29, 1.82) is 0 Å². The number of hydrogen-bond acceptors (Lipinski definition) is 5. The Hall–Kier alpha value is -0.620. The molecule has 0 aliphatic carbocycles. The van der Waals surface area contributed by atoms with Gasteiger partial charge in [-0.2, -0.15) is 0 Å². The highest BCUT2D eigenvalue weighted by atomic mass is 35.5. The molecule has 5 nitrogen and oxygen atoms in total. The van der Waals surface area contributed by atoms with Gasteiger partial charge in [0, 0.05) is 38.0 Å². The van der Waals surface area contributed by atoms with Gasteiger partial charge in [-0.15, -0.1) is 24.8 Å². The number of ether oxygens (including phenoxy) is 1. The number of nitrogens with two attached hydrogens (primary N) is 1. The Morgan fingerprint density at radius 2 is 2.17 bits per heavy atom. The average Bonchev–Trinajstić information content (AvgIpc) is 2.72. The molecule has 2 rings (SSSR count). The molecular formula is C11H20Cl2N4O. The van der Waals surface area contributed by atoms with Crippen molar-refractivity contribution in [2.45, 2.75) is 25.5 Å². The summed E-state index contributed by atoms with van der Waals surface area (Å²) >= 11 is 0. The first-order valence-corrected chi connectivity index (χ1v) is 5.52. The zero-order valence-corrected chi connectivity index (χ0v) is 12.2. The number of halogens is 2. The standard InChI is InChI=1S/C11H18N4O.2ClH/c1-8-3-11(14-7-13-8)15-6-10(16-2)4-9(15)5-12;;/h3,7,9-10H,4-6,12H2,1-2H3;2*1H/t9-,10-;;/m1../s1. The molecule has 1 aliphatic heterocycles. The van der Waals surface area contributed by atoms with Gasteiger partial charge in [-0.05, 0) is 13.3 Å². The minimum absolute atomic E-state index is 0. The summed E-state index contributed by atoms with van der Waals surface area (Å²) in [5, 5.41) is 0. The third kappa shape index (κ3) is 3.68. The number of aromatic nitrogens is 2. The first-order valence-electron chi connectivity index (χ1n) is 5.52. The highest BCUT2D eigenvalue weighted by Gasteiger charge is 2.31. The van der Waals surface area contributed by atoms with Gasteiger partial charge in [-0.25, -0.2) is 9.97 Å². The van der Waals surface area contributed by atoms with Crippen molar-refractivity contribution >= 4 is 30.6 Å². The minimum atomic E-state index is 0. The van der Waals surface area contributed by atoms with Crippen molar-refractivity contribution in [2.75, 3.05) is 25.1 Å². The van der Waals surface area contributed by atoms with Crippen LogP contribution in [0, 0.1) is 6.92 Å². The highest BCUT2D eigenvalue weighted by Crippen LogP contribution is 2.24. The molecule has 0 amide bonds. The molecule has 1 saturated heterocycles. The van der Waals surface area contributed by atoms with Crippen LogP contribution in [0.25, 0.3) is 0 Å². The lowest BCUT2D eigenvalue weighted by Crippen LogP contribution is -2.36. The van der Waals surface area contributed by atoms with Gasteiger partial charge in [0.05, 0.1) is 6.10 Å². The van der Waals surface area contributed by atoms with E-state index in [0.717, 1.165) is 24.5 Å². The van der Waals surface area contributed by atoms with Crippen molar-refractivity contribution in [1.82, 2.24) is 9.97 Å². The summed E-state index contributed by atoms with van der Waals surface area (Å²) in [5.41, 5.74) is 6.75. The van der Waals surface area contributed by atoms with Gasteiger partial charge < -0.3 is 15.4 Å². The van der Waals surface area contributed by atoms with Gasteiger partial charge in [0.2, 0.25) is 0 Å². The van der Waals surface area contributed by atoms with Crippen LogP contribution in [-0.4, -0.2) is 42.3 Å². The maximum atomic E-state index is 5.78. The second-order valence-electron chi connectivity index (χ2n) is 4.15. The van der Waals surface area contributed by atoms with Crippen molar-refractivity contribution < 1.29 is 4.74 Å². The number of methoxy groups -OCH3 is 1. The molecule has 0 radical (unpaired) electrons. The van der Waals surface area contributed by atoms with Crippen LogP contribution in [0.3, 0.4) is 0 Å². The fraction of sp³-hybridized carbons (Fsp3) is 0.636. The molecule has 1 aromatic heterocycles. The van der Waals surface area contributed by atoms with E-state index in [4.69, 9.17) is 10.5 Å². The van der Waals surface area contributed by atoms with Gasteiger partial charge >= 0.3 is 0 Å². The van der Waals surface area contributed by atoms with E-state index in [1.807, 2.05) is 13.0 Å². The van der Waals surface area contributed by atoms with E-state index in [1.165, 1.54) is 0 Å². The molecule has 1 aliphatic rings. The van der Waals surface area contributed by atoms with Gasteiger partial charge in [0.15, 0.2) is 0 Å². The number of rotatable bonds is 3. The molecule has 1 fully saturated rings. The summed E-state index contributed by atoms with van der Waals surface area (Å²) in [7, 11) is 1.74. The molecule has 0 bridgehead atoms. The molecule has 2 N–H and O–H groups in total. The van der Waals surface area contributed by atoms with Crippen molar-refractivity contribution in [3.63, 3.8) is 0 Å². The maximum Gasteiger partial charge on any atom is 0.132 e. The Morgan fingerprint density at radius 1 is 1.44 bits per heavy atom. The Morgan fingerprint density at radius 3 is 2.72 bits per heavy atom. The summed E-state index contributed by atoms with van der Waals surface area (Å²) in [6.45, 7) is 3.45. The number of nitrogens with zero attached hydrogens (tertiary/aromatic N) is 3. The molecule has 2 heterocycles. The molecule has 2 atom stereocenters. The van der Waals surface area contributed by atoms with Crippen LogP contribution in [0.5, 0.6) is 0 Å². The molecule has 0 saturated carbocycles. The van der Waals surface area contributed by atoms with Crippen LogP contribution in [0.2, 0.25) is 0 Å². The van der Waals surface area contributed by atoms with Crippen LogP contribution in [0.4, 0.5) is 5.82 Å². The summed E-state index contributed by atoms with van der Waals surface area (Å²) in [6.07, 6.45) is 2.82. The third-order valence-corrected chi connectivity index (χ3v) is 3.07. The zero-order chi connectivity index (χ0) is 11.5. The summed E-state index contributed by atoms with van der Waals surface area (Å²) in [6, 6.07) is 2.31. The second kappa shape index (κ2) is 7.74. The summed E-state index contributed by atoms with van der Waals surface area (Å²) in [4.78, 5) is 10.6. The molecule has 7 heteroatoms. The van der Waals surface area contributed by atoms with Crippen molar-refractivity contribution in [2.24, 2.45) is 5.73 Å². The minimum Gasteiger partial charge on any atom is -0.380 e. The number of hydrogen-bond donors (Lipinski definition) is 1. The molecule has 0 unspecified atom stereocenters. The smallest absolute Gasteiger partial charge is 0.132 e. The van der Waals surface area contributed by atoms with E-state index in [2.05, 4.69) is 14.9 Å². The Balaban J connectivity index is 0.00000144. The topological polar surface area (TPSA) is 64.3 Å². The van der Waals surface area contributed by atoms with E-state index < -0.39 is 0 Å². The number of anilines is 1. The molecular weight excluding hydrogens is 275 g/mol. The van der Waals surface area contributed by atoms with Crippen molar-refractivity contribution in [3.8, 4) is 0 Å². The third-order valence-electron chi connectivity index (χ3n) is 3.07. The normalized spacial score (nSPS) is 22.3. The fourth-order valence-electron chi connectivity index (χ4n) is 2.15.